The molecule has 0 aromatic carbocycles. The van der Waals surface area contributed by atoms with Crippen molar-refractivity contribution in [2.45, 2.75) is 33.6 Å². The standard InChI is InChI=1S/C15H23N5O/c1-4-13-8-12(9-14(18-13)19-17)15(21)20(7-5-6-16)10-11(2)3/h8-9,11H,4-5,7,10,17H2,1-3H3,(H,18,19). The highest BCUT2D eigenvalue weighted by atomic mass is 16.2. The SMILES string of the molecule is CCc1cc(C(=O)N(CCC#N)CC(C)C)cc(NN)n1. The maximum Gasteiger partial charge on any atom is 0.254 e. The van der Waals surface area contributed by atoms with Crippen LogP contribution in [-0.4, -0.2) is 28.9 Å². The van der Waals surface area contributed by atoms with Gasteiger partial charge in [0.2, 0.25) is 0 Å². The number of pyridine rings is 1. The highest BCUT2D eigenvalue weighted by molar-refractivity contribution is 5.95. The normalized spacial score (nSPS) is 10.3. The van der Waals surface area contributed by atoms with Crippen molar-refractivity contribution in [1.29, 1.82) is 5.26 Å². The summed E-state index contributed by atoms with van der Waals surface area (Å²) in [4.78, 5) is 18.6. The first-order valence-corrected chi connectivity index (χ1v) is 7.15. The molecule has 0 radical (unpaired) electrons. The lowest BCUT2D eigenvalue weighted by molar-refractivity contribution is 0.0739. The van der Waals surface area contributed by atoms with Crippen molar-refractivity contribution in [3.8, 4) is 6.07 Å². The number of aromatic nitrogens is 1. The summed E-state index contributed by atoms with van der Waals surface area (Å²) in [6.07, 6.45) is 1.05. The number of nitrogen functional groups attached to an aromatic ring is 1. The van der Waals surface area contributed by atoms with Gasteiger partial charge in [0.05, 0.1) is 12.5 Å². The number of nitriles is 1. The molecule has 0 fully saturated rings. The first kappa shape index (κ1) is 16.9. The van der Waals surface area contributed by atoms with Gasteiger partial charge in [-0.3, -0.25) is 4.79 Å². The Balaban J connectivity index is 3.04. The molecule has 0 aliphatic carbocycles. The van der Waals surface area contributed by atoms with Crippen molar-refractivity contribution in [3.05, 3.63) is 23.4 Å². The zero-order chi connectivity index (χ0) is 15.8. The fourth-order valence-electron chi connectivity index (χ4n) is 2.05. The molecule has 0 bridgehead atoms. The fourth-order valence-corrected chi connectivity index (χ4v) is 2.05. The number of nitrogens with one attached hydrogen (secondary N) is 1. The Bertz CT molecular complexity index is 499. The second-order valence-corrected chi connectivity index (χ2v) is 5.28. The third-order valence-electron chi connectivity index (χ3n) is 3.00. The van der Waals surface area contributed by atoms with Gasteiger partial charge in [0, 0.05) is 24.3 Å². The number of anilines is 1. The van der Waals surface area contributed by atoms with E-state index in [1.807, 2.05) is 20.8 Å². The van der Waals surface area contributed by atoms with Gasteiger partial charge in [0.25, 0.3) is 5.91 Å². The van der Waals surface area contributed by atoms with Crippen LogP contribution in [0.1, 0.15) is 43.2 Å². The molecule has 0 saturated carbocycles. The largest absolute Gasteiger partial charge is 0.337 e. The van der Waals surface area contributed by atoms with Crippen LogP contribution in [0.3, 0.4) is 0 Å². The quantitative estimate of drug-likeness (QED) is 0.591. The molecule has 0 saturated heterocycles. The van der Waals surface area contributed by atoms with E-state index < -0.39 is 0 Å². The minimum atomic E-state index is -0.0902. The minimum Gasteiger partial charge on any atom is -0.337 e. The maximum absolute atomic E-state index is 12.6. The number of amides is 1. The second-order valence-electron chi connectivity index (χ2n) is 5.28. The molecule has 114 valence electrons. The lowest BCUT2D eigenvalue weighted by Crippen LogP contribution is -2.35. The lowest BCUT2D eigenvalue weighted by Gasteiger charge is -2.24. The summed E-state index contributed by atoms with van der Waals surface area (Å²) in [6.45, 7) is 7.11. The topological polar surface area (TPSA) is 95.0 Å². The number of hydrazine groups is 1. The highest BCUT2D eigenvalue weighted by Crippen LogP contribution is 2.14. The number of nitrogens with two attached hydrogens (primary N) is 1. The van der Waals surface area contributed by atoms with E-state index in [0.29, 0.717) is 36.8 Å². The summed E-state index contributed by atoms with van der Waals surface area (Å²) in [5.41, 5.74) is 3.84. The van der Waals surface area contributed by atoms with Gasteiger partial charge < -0.3 is 10.3 Å². The maximum atomic E-state index is 12.6. The van der Waals surface area contributed by atoms with E-state index in [0.717, 1.165) is 12.1 Å². The summed E-state index contributed by atoms with van der Waals surface area (Å²) in [5, 5.41) is 8.74. The van der Waals surface area contributed by atoms with Gasteiger partial charge in [-0.2, -0.15) is 5.26 Å². The molecular formula is C15H23N5O. The van der Waals surface area contributed by atoms with E-state index in [-0.39, 0.29) is 5.91 Å². The van der Waals surface area contributed by atoms with Crippen LogP contribution in [0.4, 0.5) is 5.82 Å². The number of hydrogen-bond donors (Lipinski definition) is 2. The van der Waals surface area contributed by atoms with Gasteiger partial charge in [-0.1, -0.05) is 20.8 Å². The number of hydrogen-bond acceptors (Lipinski definition) is 5. The summed E-state index contributed by atoms with van der Waals surface area (Å²) in [7, 11) is 0. The van der Waals surface area contributed by atoms with E-state index in [1.165, 1.54) is 0 Å². The predicted molar refractivity (Wildman–Crippen MR) is 82.4 cm³/mol. The molecule has 3 N–H and O–H groups in total. The molecule has 6 heteroatoms. The predicted octanol–water partition coefficient (Wildman–Crippen LogP) is 1.94. The molecular weight excluding hydrogens is 266 g/mol. The van der Waals surface area contributed by atoms with Gasteiger partial charge in [-0.05, 0) is 24.5 Å². The Morgan fingerprint density at radius 1 is 1.52 bits per heavy atom. The Morgan fingerprint density at radius 3 is 2.76 bits per heavy atom. The number of rotatable bonds is 7. The van der Waals surface area contributed by atoms with Gasteiger partial charge in [-0.15, -0.1) is 0 Å². The zero-order valence-electron chi connectivity index (χ0n) is 12.9. The van der Waals surface area contributed by atoms with Gasteiger partial charge >= 0.3 is 0 Å². The Kier molecular flexibility index (Phi) is 6.63. The Hall–Kier alpha value is -2.13. The van der Waals surface area contributed by atoms with Crippen molar-refractivity contribution < 1.29 is 4.79 Å². The molecule has 1 rings (SSSR count). The average molecular weight is 289 g/mol. The molecule has 21 heavy (non-hydrogen) atoms. The van der Waals surface area contributed by atoms with Crippen LogP contribution in [0.2, 0.25) is 0 Å². The van der Waals surface area contributed by atoms with Crippen LogP contribution < -0.4 is 11.3 Å². The summed E-state index contributed by atoms with van der Waals surface area (Å²) in [5.74, 6) is 6.12. The molecule has 6 nitrogen and oxygen atoms in total. The first-order chi connectivity index (χ1) is 10.0. The fraction of sp³-hybridized carbons (Fsp3) is 0.533. The monoisotopic (exact) mass is 289 g/mol. The lowest BCUT2D eigenvalue weighted by atomic mass is 10.1. The smallest absolute Gasteiger partial charge is 0.254 e. The molecule has 1 amide bonds. The summed E-state index contributed by atoms with van der Waals surface area (Å²) >= 11 is 0. The van der Waals surface area contributed by atoms with Crippen molar-refractivity contribution >= 4 is 11.7 Å². The van der Waals surface area contributed by atoms with Crippen LogP contribution in [0, 0.1) is 17.2 Å². The average Bonchev–Trinajstić information content (AvgIpc) is 2.49. The summed E-state index contributed by atoms with van der Waals surface area (Å²) in [6, 6.07) is 5.50. The van der Waals surface area contributed by atoms with Crippen LogP contribution in [-0.2, 0) is 6.42 Å². The molecule has 0 atom stereocenters. The first-order valence-electron chi connectivity index (χ1n) is 7.15. The second kappa shape index (κ2) is 8.22. The number of carbonyl (C=O) groups is 1. The van der Waals surface area contributed by atoms with Crippen molar-refractivity contribution in [3.63, 3.8) is 0 Å². The Labute approximate surface area is 125 Å². The van der Waals surface area contributed by atoms with E-state index in [1.54, 1.807) is 17.0 Å². The van der Waals surface area contributed by atoms with E-state index >= 15 is 0 Å². The van der Waals surface area contributed by atoms with Crippen molar-refractivity contribution in [2.24, 2.45) is 11.8 Å². The van der Waals surface area contributed by atoms with Crippen molar-refractivity contribution in [2.75, 3.05) is 18.5 Å². The van der Waals surface area contributed by atoms with Crippen LogP contribution in [0.15, 0.2) is 12.1 Å². The van der Waals surface area contributed by atoms with E-state index in [4.69, 9.17) is 11.1 Å². The van der Waals surface area contributed by atoms with E-state index in [9.17, 15) is 4.79 Å². The van der Waals surface area contributed by atoms with E-state index in [2.05, 4.69) is 16.5 Å². The third-order valence-corrected chi connectivity index (χ3v) is 3.00. The van der Waals surface area contributed by atoms with Gasteiger partial charge in [0.1, 0.15) is 5.82 Å². The molecule has 1 heterocycles. The molecule has 1 aromatic heterocycles. The molecule has 0 aliphatic heterocycles. The molecule has 1 aromatic rings. The third kappa shape index (κ3) is 5.04. The van der Waals surface area contributed by atoms with Gasteiger partial charge in [-0.25, -0.2) is 10.8 Å². The number of aryl methyl sites for hydroxylation is 1. The zero-order valence-corrected chi connectivity index (χ0v) is 12.9. The van der Waals surface area contributed by atoms with Crippen LogP contribution in [0.5, 0.6) is 0 Å². The molecule has 0 aliphatic rings. The number of carbonyl (C=O) groups excluding carboxylic acids is 1. The highest BCUT2D eigenvalue weighted by Gasteiger charge is 2.18. The Morgan fingerprint density at radius 2 is 2.24 bits per heavy atom. The molecule has 0 unspecified atom stereocenters. The van der Waals surface area contributed by atoms with Gasteiger partial charge in [0.15, 0.2) is 0 Å². The van der Waals surface area contributed by atoms with Crippen molar-refractivity contribution in [1.82, 2.24) is 9.88 Å². The van der Waals surface area contributed by atoms with Crippen LogP contribution in [0.25, 0.3) is 0 Å². The number of nitrogens with zero attached hydrogens (tertiary/aromatic N) is 3. The summed E-state index contributed by atoms with van der Waals surface area (Å²) < 4.78 is 0. The van der Waals surface area contributed by atoms with Crippen LogP contribution >= 0.6 is 0 Å². The minimum absolute atomic E-state index is 0.0902. The molecule has 0 spiro atoms.